The molecule has 1 N–H and O–H groups in total. The molecule has 146 valence electrons. The van der Waals surface area contributed by atoms with Crippen molar-refractivity contribution >= 4 is 34.4 Å². The number of halogens is 1. The highest BCUT2D eigenvalue weighted by atomic mass is 32.1. The van der Waals surface area contributed by atoms with E-state index in [2.05, 4.69) is 5.32 Å². The first-order chi connectivity index (χ1) is 14.1. The van der Waals surface area contributed by atoms with Gasteiger partial charge in [0.15, 0.2) is 0 Å². The zero-order valence-corrected chi connectivity index (χ0v) is 16.3. The van der Waals surface area contributed by atoms with Crippen LogP contribution >= 0.6 is 11.3 Å². The molecule has 0 aliphatic carbocycles. The molecule has 2 heterocycles. The van der Waals surface area contributed by atoms with Crippen molar-refractivity contribution in [3.8, 4) is 5.75 Å². The largest absolute Gasteiger partial charge is 0.496 e. The van der Waals surface area contributed by atoms with Crippen molar-refractivity contribution in [2.75, 3.05) is 12.4 Å². The third kappa shape index (κ3) is 3.64. The summed E-state index contributed by atoms with van der Waals surface area (Å²) in [5.41, 5.74) is 1.74. The van der Waals surface area contributed by atoms with Crippen molar-refractivity contribution in [3.63, 3.8) is 0 Å². The number of carbonyl (C=O) groups is 2. The highest BCUT2D eigenvalue weighted by Gasteiger charge is 2.40. The zero-order chi connectivity index (χ0) is 20.4. The molecule has 5 nitrogen and oxygen atoms in total. The van der Waals surface area contributed by atoms with E-state index in [9.17, 15) is 14.0 Å². The molecule has 0 atom stereocenters. The van der Waals surface area contributed by atoms with Crippen LogP contribution in [0.25, 0.3) is 5.57 Å². The third-order valence-electron chi connectivity index (χ3n) is 4.57. The van der Waals surface area contributed by atoms with Gasteiger partial charge in [-0.3, -0.25) is 14.5 Å². The second-order valence-corrected chi connectivity index (χ2v) is 7.32. The summed E-state index contributed by atoms with van der Waals surface area (Å²) in [4.78, 5) is 28.2. The van der Waals surface area contributed by atoms with E-state index in [1.165, 1.54) is 40.5 Å². The molecule has 0 saturated heterocycles. The molecular weight excluding hydrogens is 391 g/mol. The number of para-hydroxylation sites is 1. The molecule has 0 fully saturated rings. The molecule has 1 aliphatic rings. The normalized spacial score (nSPS) is 13.9. The number of anilines is 1. The summed E-state index contributed by atoms with van der Waals surface area (Å²) in [6, 6.07) is 16.5. The predicted octanol–water partition coefficient (Wildman–Crippen LogP) is 4.29. The average molecular weight is 408 g/mol. The Morgan fingerprint density at radius 1 is 1.00 bits per heavy atom. The van der Waals surface area contributed by atoms with Crippen LogP contribution < -0.4 is 10.1 Å². The number of benzene rings is 2. The Balaban J connectivity index is 1.71. The number of thiophene rings is 1. The molecule has 2 aromatic carbocycles. The Hall–Kier alpha value is -3.45. The number of carbonyl (C=O) groups excluding carboxylic acids is 2. The maximum Gasteiger partial charge on any atom is 0.278 e. The van der Waals surface area contributed by atoms with Gasteiger partial charge in [0, 0.05) is 16.1 Å². The minimum Gasteiger partial charge on any atom is -0.496 e. The van der Waals surface area contributed by atoms with Crippen LogP contribution in [0.5, 0.6) is 5.75 Å². The van der Waals surface area contributed by atoms with E-state index in [4.69, 9.17) is 4.74 Å². The highest BCUT2D eigenvalue weighted by Crippen LogP contribution is 2.34. The standard InChI is InChI=1S/C22H17FN2O3S/c1-28-17-6-3-2-5-14(17)13-25-21(26)19(18-7-4-12-29-18)20(22(25)27)24-16-10-8-15(23)9-11-16/h2-12,24H,13H2,1H3. The van der Waals surface area contributed by atoms with Crippen molar-refractivity contribution in [3.05, 3.63) is 88.0 Å². The van der Waals surface area contributed by atoms with Crippen LogP contribution in [0.1, 0.15) is 10.4 Å². The summed E-state index contributed by atoms with van der Waals surface area (Å²) in [6.45, 7) is 0.0884. The monoisotopic (exact) mass is 408 g/mol. The van der Waals surface area contributed by atoms with Gasteiger partial charge in [-0.05, 0) is 41.8 Å². The fourth-order valence-corrected chi connectivity index (χ4v) is 3.93. The molecule has 0 unspecified atom stereocenters. The van der Waals surface area contributed by atoms with Crippen LogP contribution in [0.15, 0.2) is 71.7 Å². The van der Waals surface area contributed by atoms with Crippen LogP contribution in [-0.2, 0) is 16.1 Å². The number of hydrogen-bond donors (Lipinski definition) is 1. The molecule has 0 saturated carbocycles. The minimum absolute atomic E-state index is 0.0884. The van der Waals surface area contributed by atoms with E-state index in [1.54, 1.807) is 19.2 Å². The molecule has 0 spiro atoms. The first-order valence-electron chi connectivity index (χ1n) is 8.87. The van der Waals surface area contributed by atoms with Gasteiger partial charge in [0.2, 0.25) is 0 Å². The van der Waals surface area contributed by atoms with Crippen molar-refractivity contribution in [1.29, 1.82) is 0 Å². The summed E-state index contributed by atoms with van der Waals surface area (Å²) in [5.74, 6) is -0.595. The second kappa shape index (κ2) is 7.89. The number of nitrogens with zero attached hydrogens (tertiary/aromatic N) is 1. The Morgan fingerprint density at radius 2 is 1.76 bits per heavy atom. The fourth-order valence-electron chi connectivity index (χ4n) is 3.17. The SMILES string of the molecule is COc1ccccc1CN1C(=O)C(Nc2ccc(F)cc2)=C(c2cccs2)C1=O. The molecule has 4 rings (SSSR count). The molecule has 1 aliphatic heterocycles. The minimum atomic E-state index is -0.436. The van der Waals surface area contributed by atoms with Gasteiger partial charge in [-0.2, -0.15) is 0 Å². The van der Waals surface area contributed by atoms with Gasteiger partial charge in [-0.15, -0.1) is 11.3 Å². The summed E-state index contributed by atoms with van der Waals surface area (Å²) < 4.78 is 18.6. The molecule has 29 heavy (non-hydrogen) atoms. The van der Waals surface area contributed by atoms with Crippen molar-refractivity contribution < 1.29 is 18.7 Å². The average Bonchev–Trinajstić information content (AvgIpc) is 3.33. The van der Waals surface area contributed by atoms with E-state index < -0.39 is 5.91 Å². The van der Waals surface area contributed by atoms with Gasteiger partial charge in [-0.25, -0.2) is 4.39 Å². The van der Waals surface area contributed by atoms with E-state index >= 15 is 0 Å². The predicted molar refractivity (Wildman–Crippen MR) is 110 cm³/mol. The number of amides is 2. The van der Waals surface area contributed by atoms with E-state index in [-0.39, 0.29) is 24.0 Å². The van der Waals surface area contributed by atoms with Crippen LogP contribution in [0.2, 0.25) is 0 Å². The van der Waals surface area contributed by atoms with Gasteiger partial charge in [0.05, 0.1) is 19.2 Å². The van der Waals surface area contributed by atoms with E-state index in [0.717, 1.165) is 5.56 Å². The highest BCUT2D eigenvalue weighted by molar-refractivity contribution is 7.11. The summed E-state index contributed by atoms with van der Waals surface area (Å²) >= 11 is 1.38. The van der Waals surface area contributed by atoms with Gasteiger partial charge < -0.3 is 10.1 Å². The number of imide groups is 1. The lowest BCUT2D eigenvalue weighted by Crippen LogP contribution is -2.32. The smallest absolute Gasteiger partial charge is 0.278 e. The molecular formula is C22H17FN2O3S. The van der Waals surface area contributed by atoms with E-state index in [0.29, 0.717) is 21.9 Å². The first kappa shape index (κ1) is 18.9. The molecule has 0 radical (unpaired) electrons. The quantitative estimate of drug-likeness (QED) is 0.619. The van der Waals surface area contributed by atoms with Gasteiger partial charge in [0.25, 0.3) is 11.8 Å². The van der Waals surface area contributed by atoms with Crippen LogP contribution in [0.3, 0.4) is 0 Å². The maximum atomic E-state index is 13.2. The maximum absolute atomic E-state index is 13.2. The molecule has 2 amide bonds. The summed E-state index contributed by atoms with van der Waals surface area (Å²) in [7, 11) is 1.54. The second-order valence-electron chi connectivity index (χ2n) is 6.37. The number of methoxy groups -OCH3 is 1. The van der Waals surface area contributed by atoms with Crippen molar-refractivity contribution in [2.24, 2.45) is 0 Å². The van der Waals surface area contributed by atoms with Gasteiger partial charge in [-0.1, -0.05) is 24.3 Å². The third-order valence-corrected chi connectivity index (χ3v) is 5.46. The molecule has 3 aromatic rings. The number of nitrogens with one attached hydrogen (secondary N) is 1. The lowest BCUT2D eigenvalue weighted by atomic mass is 10.1. The molecule has 0 bridgehead atoms. The van der Waals surface area contributed by atoms with Crippen LogP contribution in [0, 0.1) is 5.82 Å². The first-order valence-corrected chi connectivity index (χ1v) is 9.75. The lowest BCUT2D eigenvalue weighted by Gasteiger charge is -2.17. The molecule has 1 aromatic heterocycles. The topological polar surface area (TPSA) is 58.6 Å². The van der Waals surface area contributed by atoms with Crippen LogP contribution in [0.4, 0.5) is 10.1 Å². The van der Waals surface area contributed by atoms with Crippen molar-refractivity contribution in [1.82, 2.24) is 4.90 Å². The Kier molecular flexibility index (Phi) is 5.14. The Labute approximate surface area is 171 Å². The summed E-state index contributed by atoms with van der Waals surface area (Å²) in [5, 5.41) is 4.85. The number of rotatable bonds is 6. The zero-order valence-electron chi connectivity index (χ0n) is 15.5. The Bertz CT molecular complexity index is 1090. The Morgan fingerprint density at radius 3 is 2.45 bits per heavy atom. The van der Waals surface area contributed by atoms with Gasteiger partial charge in [0.1, 0.15) is 17.3 Å². The van der Waals surface area contributed by atoms with Crippen LogP contribution in [-0.4, -0.2) is 23.8 Å². The number of ether oxygens (including phenoxy) is 1. The fraction of sp³-hybridized carbons (Fsp3) is 0.0909. The summed E-state index contributed by atoms with van der Waals surface area (Å²) in [6.07, 6.45) is 0. The molecule has 7 heteroatoms. The van der Waals surface area contributed by atoms with Gasteiger partial charge >= 0.3 is 0 Å². The number of hydrogen-bond acceptors (Lipinski definition) is 5. The van der Waals surface area contributed by atoms with Crippen molar-refractivity contribution in [2.45, 2.75) is 6.54 Å². The van der Waals surface area contributed by atoms with E-state index in [1.807, 2.05) is 29.6 Å². The lowest BCUT2D eigenvalue weighted by molar-refractivity contribution is -0.137.